The van der Waals surface area contributed by atoms with Crippen LogP contribution in [0.15, 0.2) is 72.9 Å². The predicted molar refractivity (Wildman–Crippen MR) is 95.8 cm³/mol. The molecule has 0 radical (unpaired) electrons. The Morgan fingerprint density at radius 3 is 2.50 bits per heavy atom. The number of pyridine rings is 1. The number of rotatable bonds is 2. The van der Waals surface area contributed by atoms with Crippen LogP contribution in [-0.4, -0.2) is 9.61 Å². The lowest BCUT2D eigenvalue weighted by Crippen LogP contribution is -1.89. The van der Waals surface area contributed by atoms with Gasteiger partial charge in [-0.2, -0.15) is 10.4 Å². The molecule has 2 aromatic heterocycles. The molecular formula is C20H12ClN3. The van der Waals surface area contributed by atoms with Crippen LogP contribution in [0.25, 0.3) is 27.9 Å². The summed E-state index contributed by atoms with van der Waals surface area (Å²) in [5.41, 5.74) is 5.47. The first-order chi connectivity index (χ1) is 11.7. The molecule has 0 aliphatic rings. The van der Waals surface area contributed by atoms with Gasteiger partial charge in [-0.05, 0) is 47.5 Å². The second-order valence-corrected chi connectivity index (χ2v) is 5.92. The Morgan fingerprint density at radius 2 is 1.71 bits per heavy atom. The van der Waals surface area contributed by atoms with Crippen LogP contribution < -0.4 is 0 Å². The van der Waals surface area contributed by atoms with Crippen LogP contribution in [0, 0.1) is 11.3 Å². The number of hydrogen-bond acceptors (Lipinski definition) is 2. The van der Waals surface area contributed by atoms with E-state index in [9.17, 15) is 5.26 Å². The molecule has 4 rings (SSSR count). The largest absolute Gasteiger partial charge is 0.240 e. The van der Waals surface area contributed by atoms with E-state index in [2.05, 4.69) is 11.2 Å². The fraction of sp³-hybridized carbons (Fsp3) is 0. The van der Waals surface area contributed by atoms with Gasteiger partial charge in [0.15, 0.2) is 0 Å². The van der Waals surface area contributed by atoms with Gasteiger partial charge in [0, 0.05) is 16.8 Å². The van der Waals surface area contributed by atoms with Gasteiger partial charge in [0.1, 0.15) is 0 Å². The molecule has 0 N–H and O–H groups in total. The Bertz CT molecular complexity index is 1070. The highest BCUT2D eigenvalue weighted by molar-refractivity contribution is 6.30. The Labute approximate surface area is 144 Å². The summed E-state index contributed by atoms with van der Waals surface area (Å²) in [7, 11) is 0. The Hall–Kier alpha value is -3.09. The molecule has 2 aromatic carbocycles. The molecule has 0 fully saturated rings. The van der Waals surface area contributed by atoms with Crippen LogP contribution >= 0.6 is 11.6 Å². The third-order valence-electron chi connectivity index (χ3n) is 3.96. The Morgan fingerprint density at radius 1 is 0.917 bits per heavy atom. The normalized spacial score (nSPS) is 10.7. The zero-order chi connectivity index (χ0) is 16.5. The molecule has 2 heterocycles. The zero-order valence-corrected chi connectivity index (χ0v) is 13.4. The third-order valence-corrected chi connectivity index (χ3v) is 4.21. The van der Waals surface area contributed by atoms with Crippen molar-refractivity contribution in [2.24, 2.45) is 0 Å². The zero-order valence-electron chi connectivity index (χ0n) is 12.6. The van der Waals surface area contributed by atoms with Crippen molar-refractivity contribution in [1.29, 1.82) is 5.26 Å². The number of halogens is 1. The lowest BCUT2D eigenvalue weighted by atomic mass is 10.0. The molecule has 0 atom stereocenters. The maximum atomic E-state index is 9.29. The van der Waals surface area contributed by atoms with Crippen molar-refractivity contribution in [2.75, 3.05) is 0 Å². The first-order valence-corrected chi connectivity index (χ1v) is 7.87. The molecule has 4 heteroatoms. The molecule has 0 spiro atoms. The number of aromatic nitrogens is 2. The van der Waals surface area contributed by atoms with Crippen LogP contribution in [-0.2, 0) is 0 Å². The molecule has 0 amide bonds. The van der Waals surface area contributed by atoms with Gasteiger partial charge in [0.05, 0.1) is 22.8 Å². The summed E-state index contributed by atoms with van der Waals surface area (Å²) in [6.45, 7) is 0. The maximum absolute atomic E-state index is 9.29. The van der Waals surface area contributed by atoms with Gasteiger partial charge in [0.25, 0.3) is 0 Å². The molecular weight excluding hydrogens is 318 g/mol. The highest BCUT2D eigenvalue weighted by atomic mass is 35.5. The predicted octanol–water partition coefficient (Wildman–Crippen LogP) is 5.19. The molecule has 0 unspecified atom stereocenters. The summed E-state index contributed by atoms with van der Waals surface area (Å²) in [4.78, 5) is 0. The smallest absolute Gasteiger partial charge is 0.0998 e. The second kappa shape index (κ2) is 5.84. The van der Waals surface area contributed by atoms with Crippen molar-refractivity contribution in [1.82, 2.24) is 9.61 Å². The van der Waals surface area contributed by atoms with E-state index in [-0.39, 0.29) is 0 Å². The molecule has 114 valence electrons. The highest BCUT2D eigenvalue weighted by Gasteiger charge is 2.08. The topological polar surface area (TPSA) is 41.1 Å². The summed E-state index contributed by atoms with van der Waals surface area (Å²) < 4.78 is 1.84. The molecule has 4 aromatic rings. The van der Waals surface area contributed by atoms with Crippen LogP contribution in [0.2, 0.25) is 5.02 Å². The number of nitrogens with zero attached hydrogens (tertiary/aromatic N) is 3. The average Bonchev–Trinajstić information content (AvgIpc) is 3.05. The van der Waals surface area contributed by atoms with Crippen molar-refractivity contribution in [3.63, 3.8) is 0 Å². The SMILES string of the molecule is N#Cc1ccccc1-c1ccn2nc(-c3ccc(Cl)cc3)cc2c1. The van der Waals surface area contributed by atoms with E-state index in [0.717, 1.165) is 27.9 Å². The Kier molecular flexibility index (Phi) is 3.53. The number of fused-ring (bicyclic) bond motifs is 1. The van der Waals surface area contributed by atoms with Gasteiger partial charge in [-0.15, -0.1) is 0 Å². The van der Waals surface area contributed by atoms with Gasteiger partial charge >= 0.3 is 0 Å². The van der Waals surface area contributed by atoms with Crippen LogP contribution in [0.5, 0.6) is 0 Å². The summed E-state index contributed by atoms with van der Waals surface area (Å²) in [5.74, 6) is 0. The summed E-state index contributed by atoms with van der Waals surface area (Å²) >= 11 is 5.94. The van der Waals surface area contributed by atoms with Crippen molar-refractivity contribution in [3.05, 3.63) is 83.5 Å². The van der Waals surface area contributed by atoms with E-state index in [4.69, 9.17) is 11.6 Å². The standard InChI is InChI=1S/C20H12ClN3/c21-17-7-5-14(6-8-17)20-12-18-11-15(9-10-24(18)23-20)19-4-2-1-3-16(19)13-22/h1-12H. The molecule has 0 saturated carbocycles. The summed E-state index contributed by atoms with van der Waals surface area (Å²) in [5, 5.41) is 14.6. The van der Waals surface area contributed by atoms with Gasteiger partial charge in [-0.25, -0.2) is 4.52 Å². The van der Waals surface area contributed by atoms with Crippen LogP contribution in [0.4, 0.5) is 0 Å². The van der Waals surface area contributed by atoms with E-state index in [1.807, 2.05) is 77.4 Å². The average molecular weight is 330 g/mol. The van der Waals surface area contributed by atoms with Crippen molar-refractivity contribution in [3.8, 4) is 28.5 Å². The molecule has 0 aliphatic carbocycles. The van der Waals surface area contributed by atoms with Crippen molar-refractivity contribution in [2.45, 2.75) is 0 Å². The third kappa shape index (κ3) is 2.54. The van der Waals surface area contributed by atoms with E-state index in [1.54, 1.807) is 0 Å². The highest BCUT2D eigenvalue weighted by Crippen LogP contribution is 2.27. The minimum atomic E-state index is 0.666. The lowest BCUT2D eigenvalue weighted by molar-refractivity contribution is 0.966. The molecule has 0 bridgehead atoms. The quantitative estimate of drug-likeness (QED) is 0.507. The van der Waals surface area contributed by atoms with Gasteiger partial charge in [-0.3, -0.25) is 0 Å². The lowest BCUT2D eigenvalue weighted by Gasteiger charge is -2.04. The summed E-state index contributed by atoms with van der Waals surface area (Å²) in [6, 6.07) is 23.5. The first kappa shape index (κ1) is 14.5. The van der Waals surface area contributed by atoms with Crippen LogP contribution in [0.1, 0.15) is 5.56 Å². The molecule has 0 aliphatic heterocycles. The van der Waals surface area contributed by atoms with Crippen molar-refractivity contribution >= 4 is 17.1 Å². The maximum Gasteiger partial charge on any atom is 0.0998 e. The second-order valence-electron chi connectivity index (χ2n) is 5.48. The first-order valence-electron chi connectivity index (χ1n) is 7.49. The van der Waals surface area contributed by atoms with Gasteiger partial charge in [-0.1, -0.05) is 41.9 Å². The number of hydrogen-bond donors (Lipinski definition) is 0. The number of nitriles is 1. The minimum Gasteiger partial charge on any atom is -0.240 e. The minimum absolute atomic E-state index is 0.666. The van der Waals surface area contributed by atoms with Crippen molar-refractivity contribution < 1.29 is 0 Å². The monoisotopic (exact) mass is 329 g/mol. The van der Waals surface area contributed by atoms with E-state index in [1.165, 1.54) is 0 Å². The van der Waals surface area contributed by atoms with E-state index >= 15 is 0 Å². The van der Waals surface area contributed by atoms with Gasteiger partial charge in [0.2, 0.25) is 0 Å². The fourth-order valence-corrected chi connectivity index (χ4v) is 2.88. The van der Waals surface area contributed by atoms with E-state index < -0.39 is 0 Å². The van der Waals surface area contributed by atoms with Crippen LogP contribution in [0.3, 0.4) is 0 Å². The fourth-order valence-electron chi connectivity index (χ4n) is 2.76. The molecule has 3 nitrogen and oxygen atoms in total. The van der Waals surface area contributed by atoms with E-state index in [0.29, 0.717) is 10.6 Å². The molecule has 24 heavy (non-hydrogen) atoms. The van der Waals surface area contributed by atoms with Gasteiger partial charge < -0.3 is 0 Å². The Balaban J connectivity index is 1.82. The summed E-state index contributed by atoms with van der Waals surface area (Å²) in [6.07, 6.45) is 1.91. The molecule has 0 saturated heterocycles. The number of benzene rings is 2.